The Balaban J connectivity index is 1.94. The second-order valence-electron chi connectivity index (χ2n) is 4.53. The van der Waals surface area contributed by atoms with Gasteiger partial charge in [0.2, 0.25) is 0 Å². The first kappa shape index (κ1) is 13.5. The lowest BCUT2D eigenvalue weighted by atomic mass is 10.1. The highest BCUT2D eigenvalue weighted by Crippen LogP contribution is 2.12. The highest BCUT2D eigenvalue weighted by Gasteiger charge is 2.37. The molecular weight excluding hydrogens is 244 g/mol. The van der Waals surface area contributed by atoms with Crippen molar-refractivity contribution in [3.05, 3.63) is 35.9 Å². The summed E-state index contributed by atoms with van der Waals surface area (Å²) in [4.78, 5) is 25.1. The van der Waals surface area contributed by atoms with Crippen LogP contribution >= 0.6 is 0 Å². The zero-order valence-corrected chi connectivity index (χ0v) is 11.0. The van der Waals surface area contributed by atoms with Gasteiger partial charge in [0.1, 0.15) is 6.04 Å². The third-order valence-corrected chi connectivity index (χ3v) is 3.12. The van der Waals surface area contributed by atoms with Gasteiger partial charge < -0.3 is 10.1 Å². The first-order chi connectivity index (χ1) is 9.22. The van der Waals surface area contributed by atoms with Gasteiger partial charge >= 0.3 is 6.03 Å². The third-order valence-electron chi connectivity index (χ3n) is 3.12. The molecule has 0 radical (unpaired) electrons. The molecule has 0 bridgehead atoms. The van der Waals surface area contributed by atoms with Crippen LogP contribution < -0.4 is 5.32 Å². The van der Waals surface area contributed by atoms with Crippen LogP contribution in [0.5, 0.6) is 0 Å². The number of nitrogens with one attached hydrogen (secondary N) is 1. The molecular formula is C14H18N2O3. The summed E-state index contributed by atoms with van der Waals surface area (Å²) in [5, 5.41) is 2.73. The SMILES string of the molecule is COCCCN1C(=O)N[C@@H](Cc2ccccc2)C1=O. The van der Waals surface area contributed by atoms with Crippen LogP contribution in [0.2, 0.25) is 0 Å². The van der Waals surface area contributed by atoms with Crippen molar-refractivity contribution in [2.75, 3.05) is 20.3 Å². The minimum absolute atomic E-state index is 0.148. The molecule has 1 aliphatic heterocycles. The summed E-state index contributed by atoms with van der Waals surface area (Å²) in [6.07, 6.45) is 1.19. The number of carbonyl (C=O) groups is 2. The number of nitrogens with zero attached hydrogens (tertiary/aromatic N) is 1. The van der Waals surface area contributed by atoms with E-state index in [1.807, 2.05) is 30.3 Å². The lowest BCUT2D eigenvalue weighted by molar-refractivity contribution is -0.127. The second kappa shape index (κ2) is 6.33. The van der Waals surface area contributed by atoms with Gasteiger partial charge in [0, 0.05) is 26.7 Å². The minimum Gasteiger partial charge on any atom is -0.385 e. The van der Waals surface area contributed by atoms with Crippen LogP contribution in [0, 0.1) is 0 Å². The summed E-state index contributed by atoms with van der Waals surface area (Å²) in [5.41, 5.74) is 1.04. The molecule has 19 heavy (non-hydrogen) atoms. The largest absolute Gasteiger partial charge is 0.385 e. The Bertz CT molecular complexity index is 447. The smallest absolute Gasteiger partial charge is 0.324 e. The fourth-order valence-electron chi connectivity index (χ4n) is 2.14. The maximum Gasteiger partial charge on any atom is 0.324 e. The molecule has 2 rings (SSSR count). The molecule has 0 spiro atoms. The Morgan fingerprint density at radius 1 is 1.26 bits per heavy atom. The van der Waals surface area contributed by atoms with E-state index in [1.54, 1.807) is 7.11 Å². The van der Waals surface area contributed by atoms with Crippen molar-refractivity contribution in [1.29, 1.82) is 0 Å². The molecule has 1 N–H and O–H groups in total. The van der Waals surface area contributed by atoms with Gasteiger partial charge in [0.05, 0.1) is 0 Å². The first-order valence-electron chi connectivity index (χ1n) is 6.37. The van der Waals surface area contributed by atoms with E-state index in [-0.39, 0.29) is 11.9 Å². The molecule has 1 heterocycles. The Kier molecular flexibility index (Phi) is 4.52. The summed E-state index contributed by atoms with van der Waals surface area (Å²) in [6, 6.07) is 8.93. The predicted octanol–water partition coefficient (Wildman–Crippen LogP) is 1.19. The molecule has 0 unspecified atom stereocenters. The lowest BCUT2D eigenvalue weighted by Crippen LogP contribution is -2.33. The Morgan fingerprint density at radius 3 is 2.68 bits per heavy atom. The molecule has 102 valence electrons. The molecule has 1 saturated heterocycles. The number of rotatable bonds is 6. The van der Waals surface area contributed by atoms with E-state index in [2.05, 4.69) is 5.32 Å². The van der Waals surface area contributed by atoms with Crippen LogP contribution in [0.15, 0.2) is 30.3 Å². The maximum atomic E-state index is 12.1. The Morgan fingerprint density at radius 2 is 2.00 bits per heavy atom. The van der Waals surface area contributed by atoms with Crippen molar-refractivity contribution in [3.8, 4) is 0 Å². The van der Waals surface area contributed by atoms with Crippen LogP contribution in [-0.2, 0) is 16.0 Å². The zero-order chi connectivity index (χ0) is 13.7. The normalized spacial score (nSPS) is 18.8. The number of benzene rings is 1. The van der Waals surface area contributed by atoms with Crippen LogP contribution in [-0.4, -0.2) is 43.1 Å². The fraction of sp³-hybridized carbons (Fsp3) is 0.429. The quantitative estimate of drug-likeness (QED) is 0.619. The van der Waals surface area contributed by atoms with Crippen LogP contribution in [0.4, 0.5) is 4.79 Å². The van der Waals surface area contributed by atoms with Crippen LogP contribution in [0.1, 0.15) is 12.0 Å². The van der Waals surface area contributed by atoms with E-state index in [0.717, 1.165) is 5.56 Å². The average molecular weight is 262 g/mol. The standard InChI is InChI=1S/C14H18N2O3/c1-19-9-5-8-16-13(17)12(15-14(16)18)10-11-6-3-2-4-7-11/h2-4,6-7,12H,5,8-10H2,1H3,(H,15,18)/t12-/m0/s1. The van der Waals surface area contributed by atoms with Gasteiger partial charge in [-0.3, -0.25) is 9.69 Å². The topological polar surface area (TPSA) is 58.6 Å². The monoisotopic (exact) mass is 262 g/mol. The number of ether oxygens (including phenoxy) is 1. The molecule has 1 aromatic carbocycles. The highest BCUT2D eigenvalue weighted by atomic mass is 16.5. The van der Waals surface area contributed by atoms with Crippen LogP contribution in [0.3, 0.4) is 0 Å². The second-order valence-corrected chi connectivity index (χ2v) is 4.53. The van der Waals surface area contributed by atoms with E-state index in [9.17, 15) is 9.59 Å². The van der Waals surface area contributed by atoms with Crippen molar-refractivity contribution >= 4 is 11.9 Å². The number of imide groups is 1. The molecule has 0 aromatic heterocycles. The molecule has 0 aliphatic carbocycles. The van der Waals surface area contributed by atoms with E-state index >= 15 is 0 Å². The van der Waals surface area contributed by atoms with E-state index < -0.39 is 6.04 Å². The van der Waals surface area contributed by atoms with Crippen molar-refractivity contribution < 1.29 is 14.3 Å². The van der Waals surface area contributed by atoms with Crippen molar-refractivity contribution in [2.24, 2.45) is 0 Å². The lowest BCUT2D eigenvalue weighted by Gasteiger charge is -2.12. The Hall–Kier alpha value is -1.88. The molecule has 3 amide bonds. The molecule has 1 aromatic rings. The number of carbonyl (C=O) groups excluding carboxylic acids is 2. The zero-order valence-electron chi connectivity index (χ0n) is 11.0. The van der Waals surface area contributed by atoms with Gasteiger partial charge in [-0.15, -0.1) is 0 Å². The number of urea groups is 1. The Labute approximate surface area is 112 Å². The van der Waals surface area contributed by atoms with Gasteiger partial charge in [0.25, 0.3) is 5.91 Å². The number of amides is 3. The summed E-state index contributed by atoms with van der Waals surface area (Å²) >= 11 is 0. The van der Waals surface area contributed by atoms with Crippen LogP contribution in [0.25, 0.3) is 0 Å². The molecule has 1 aliphatic rings. The van der Waals surface area contributed by atoms with Gasteiger partial charge in [0.15, 0.2) is 0 Å². The van der Waals surface area contributed by atoms with E-state index in [0.29, 0.717) is 26.0 Å². The summed E-state index contributed by atoms with van der Waals surface area (Å²) in [6.45, 7) is 0.949. The number of methoxy groups -OCH3 is 1. The van der Waals surface area contributed by atoms with E-state index in [1.165, 1.54) is 4.90 Å². The molecule has 5 nitrogen and oxygen atoms in total. The van der Waals surface area contributed by atoms with Gasteiger partial charge in [-0.2, -0.15) is 0 Å². The average Bonchev–Trinajstić information content (AvgIpc) is 2.68. The molecule has 1 atom stereocenters. The van der Waals surface area contributed by atoms with Gasteiger partial charge in [-0.05, 0) is 12.0 Å². The molecule has 5 heteroatoms. The number of hydrogen-bond acceptors (Lipinski definition) is 3. The van der Waals surface area contributed by atoms with Gasteiger partial charge in [-0.1, -0.05) is 30.3 Å². The predicted molar refractivity (Wildman–Crippen MR) is 70.7 cm³/mol. The van der Waals surface area contributed by atoms with E-state index in [4.69, 9.17) is 4.74 Å². The summed E-state index contributed by atoms with van der Waals surface area (Å²) in [7, 11) is 1.60. The van der Waals surface area contributed by atoms with Crippen molar-refractivity contribution in [1.82, 2.24) is 10.2 Å². The van der Waals surface area contributed by atoms with Crippen molar-refractivity contribution in [3.63, 3.8) is 0 Å². The van der Waals surface area contributed by atoms with Crippen molar-refractivity contribution in [2.45, 2.75) is 18.9 Å². The third kappa shape index (κ3) is 3.32. The minimum atomic E-state index is -0.447. The highest BCUT2D eigenvalue weighted by molar-refractivity contribution is 6.04. The molecule has 1 fully saturated rings. The summed E-state index contributed by atoms with van der Waals surface area (Å²) < 4.78 is 4.92. The number of hydrogen-bond donors (Lipinski definition) is 1. The molecule has 0 saturated carbocycles. The van der Waals surface area contributed by atoms with Gasteiger partial charge in [-0.25, -0.2) is 4.79 Å². The first-order valence-corrected chi connectivity index (χ1v) is 6.37. The summed E-state index contributed by atoms with van der Waals surface area (Å²) in [5.74, 6) is -0.148. The fourth-order valence-corrected chi connectivity index (χ4v) is 2.14. The maximum absolute atomic E-state index is 12.1.